The Balaban J connectivity index is 0.00000225. The van der Waals surface area contributed by atoms with Crippen LogP contribution < -0.4 is 10.6 Å². The molecule has 0 saturated heterocycles. The van der Waals surface area contributed by atoms with Crippen molar-refractivity contribution >= 4 is 29.9 Å². The Hall–Kier alpha value is -0.790. The molecule has 6 heteroatoms. The number of halogens is 1. The predicted molar refractivity (Wildman–Crippen MR) is 75.0 cm³/mol. The van der Waals surface area contributed by atoms with Crippen molar-refractivity contribution in [2.75, 3.05) is 7.05 Å². The van der Waals surface area contributed by atoms with Crippen LogP contribution in [0.15, 0.2) is 21.8 Å². The van der Waals surface area contributed by atoms with Crippen molar-refractivity contribution in [1.82, 2.24) is 15.8 Å². The Labute approximate surface area is 113 Å². The van der Waals surface area contributed by atoms with Crippen LogP contribution in [0.1, 0.15) is 26.0 Å². The minimum Gasteiger partial charge on any atom is -0.364 e. The molecule has 1 rings (SSSR count). The molecular weight excluding hydrogens is 319 g/mol. The highest BCUT2D eigenvalue weighted by Crippen LogP contribution is 1.93. The molecule has 0 aliphatic rings. The fraction of sp³-hybridized carbons (Fsp3) is 0.600. The molecule has 0 spiro atoms. The molecule has 1 aromatic rings. The fourth-order valence-corrected chi connectivity index (χ4v) is 1.03. The molecule has 92 valence electrons. The number of hydrogen-bond donors (Lipinski definition) is 2. The molecule has 1 heterocycles. The highest BCUT2D eigenvalue weighted by atomic mass is 127. The van der Waals surface area contributed by atoms with Gasteiger partial charge in [-0.2, -0.15) is 0 Å². The van der Waals surface area contributed by atoms with Crippen LogP contribution in [0.3, 0.4) is 0 Å². The van der Waals surface area contributed by atoms with Crippen molar-refractivity contribution < 1.29 is 4.52 Å². The highest BCUT2D eigenvalue weighted by Gasteiger charge is 2.03. The van der Waals surface area contributed by atoms with E-state index in [9.17, 15) is 0 Å². The summed E-state index contributed by atoms with van der Waals surface area (Å²) in [4.78, 5) is 4.11. The van der Waals surface area contributed by atoms with Gasteiger partial charge in [-0.05, 0) is 13.3 Å². The van der Waals surface area contributed by atoms with Crippen LogP contribution in [-0.2, 0) is 6.54 Å². The average Bonchev–Trinajstić information content (AvgIpc) is 2.76. The maximum atomic E-state index is 4.73. The molecule has 1 unspecified atom stereocenters. The number of guanidine groups is 1. The van der Waals surface area contributed by atoms with Crippen LogP contribution >= 0.6 is 24.0 Å². The quantitative estimate of drug-likeness (QED) is 0.499. The third kappa shape index (κ3) is 5.34. The first-order valence-electron chi connectivity index (χ1n) is 5.12. The summed E-state index contributed by atoms with van der Waals surface area (Å²) in [7, 11) is 1.75. The zero-order valence-electron chi connectivity index (χ0n) is 9.86. The molecule has 0 aromatic carbocycles. The van der Waals surface area contributed by atoms with Gasteiger partial charge in [-0.3, -0.25) is 4.99 Å². The molecule has 0 bridgehead atoms. The summed E-state index contributed by atoms with van der Waals surface area (Å²) >= 11 is 0. The lowest BCUT2D eigenvalue weighted by atomic mass is 10.3. The van der Waals surface area contributed by atoms with Gasteiger partial charge in [0.1, 0.15) is 12.0 Å². The molecule has 0 radical (unpaired) electrons. The number of aliphatic imine (C=N–C) groups is 1. The third-order valence-corrected chi connectivity index (χ3v) is 2.15. The summed E-state index contributed by atoms with van der Waals surface area (Å²) in [5.41, 5.74) is 0.863. The van der Waals surface area contributed by atoms with Crippen LogP contribution in [0.25, 0.3) is 0 Å². The fourth-order valence-electron chi connectivity index (χ4n) is 1.03. The van der Waals surface area contributed by atoms with Crippen molar-refractivity contribution in [1.29, 1.82) is 0 Å². The second kappa shape index (κ2) is 8.37. The highest BCUT2D eigenvalue weighted by molar-refractivity contribution is 14.0. The number of aromatic nitrogens is 1. The van der Waals surface area contributed by atoms with E-state index in [2.05, 4.69) is 34.6 Å². The molecule has 1 aromatic heterocycles. The van der Waals surface area contributed by atoms with Gasteiger partial charge in [-0.25, -0.2) is 0 Å². The van der Waals surface area contributed by atoms with Gasteiger partial charge in [0.25, 0.3) is 0 Å². The van der Waals surface area contributed by atoms with Gasteiger partial charge in [-0.1, -0.05) is 12.1 Å². The lowest BCUT2D eigenvalue weighted by Crippen LogP contribution is -2.41. The predicted octanol–water partition coefficient (Wildman–Crippen LogP) is 1.76. The van der Waals surface area contributed by atoms with Gasteiger partial charge >= 0.3 is 0 Å². The standard InChI is InChI=1S/C10H18N4O.HI/c1-4-8(2)13-10(11-3)12-7-9-5-6-15-14-9;/h5-6,8H,4,7H2,1-3H3,(H2,11,12,13);1H. The average molecular weight is 338 g/mol. The Morgan fingerprint density at radius 2 is 2.38 bits per heavy atom. The monoisotopic (exact) mass is 338 g/mol. The Morgan fingerprint density at radius 3 is 2.88 bits per heavy atom. The number of nitrogens with zero attached hydrogens (tertiary/aromatic N) is 2. The van der Waals surface area contributed by atoms with Gasteiger partial charge in [0, 0.05) is 19.2 Å². The van der Waals surface area contributed by atoms with E-state index in [0.29, 0.717) is 12.6 Å². The topological polar surface area (TPSA) is 62.5 Å². The molecule has 0 aliphatic heterocycles. The second-order valence-corrected chi connectivity index (χ2v) is 3.37. The van der Waals surface area contributed by atoms with Crippen molar-refractivity contribution in [2.45, 2.75) is 32.9 Å². The molecule has 5 nitrogen and oxygen atoms in total. The first kappa shape index (κ1) is 15.2. The van der Waals surface area contributed by atoms with E-state index in [1.165, 1.54) is 0 Å². The summed E-state index contributed by atoms with van der Waals surface area (Å²) in [5, 5.41) is 10.2. The lowest BCUT2D eigenvalue weighted by Gasteiger charge is -2.15. The van der Waals surface area contributed by atoms with Crippen molar-refractivity contribution in [3.63, 3.8) is 0 Å². The van der Waals surface area contributed by atoms with E-state index in [1.54, 1.807) is 13.3 Å². The molecule has 2 N–H and O–H groups in total. The molecule has 0 fully saturated rings. The molecule has 1 atom stereocenters. The molecule has 0 saturated carbocycles. The largest absolute Gasteiger partial charge is 0.364 e. The summed E-state index contributed by atoms with van der Waals surface area (Å²) in [5.74, 6) is 0.785. The minimum absolute atomic E-state index is 0. The van der Waals surface area contributed by atoms with Crippen LogP contribution in [0.2, 0.25) is 0 Å². The van der Waals surface area contributed by atoms with Gasteiger partial charge in [-0.15, -0.1) is 24.0 Å². The zero-order valence-corrected chi connectivity index (χ0v) is 12.2. The van der Waals surface area contributed by atoms with Gasteiger partial charge < -0.3 is 15.2 Å². The molecule has 16 heavy (non-hydrogen) atoms. The summed E-state index contributed by atoms with van der Waals surface area (Å²) in [6.07, 6.45) is 2.62. The molecule has 0 amide bonds. The van der Waals surface area contributed by atoms with Crippen LogP contribution in [0.5, 0.6) is 0 Å². The minimum atomic E-state index is 0. The zero-order chi connectivity index (χ0) is 11.1. The number of rotatable bonds is 4. The first-order valence-corrected chi connectivity index (χ1v) is 5.12. The van der Waals surface area contributed by atoms with Crippen LogP contribution in [0, 0.1) is 0 Å². The van der Waals surface area contributed by atoms with Gasteiger partial charge in [0.15, 0.2) is 5.96 Å². The van der Waals surface area contributed by atoms with Crippen molar-refractivity contribution in [3.05, 3.63) is 18.0 Å². The van der Waals surface area contributed by atoms with E-state index < -0.39 is 0 Å². The second-order valence-electron chi connectivity index (χ2n) is 3.37. The first-order chi connectivity index (χ1) is 7.26. The number of nitrogens with one attached hydrogen (secondary N) is 2. The van der Waals surface area contributed by atoms with Crippen molar-refractivity contribution in [3.8, 4) is 0 Å². The smallest absolute Gasteiger partial charge is 0.191 e. The number of hydrogen-bond acceptors (Lipinski definition) is 3. The molecular formula is C10H19IN4O. The van der Waals surface area contributed by atoms with E-state index >= 15 is 0 Å². The molecule has 0 aliphatic carbocycles. The third-order valence-electron chi connectivity index (χ3n) is 2.15. The van der Waals surface area contributed by atoms with Gasteiger partial charge in [0.2, 0.25) is 0 Å². The normalized spacial score (nSPS) is 12.8. The van der Waals surface area contributed by atoms with Crippen LogP contribution in [0.4, 0.5) is 0 Å². The summed E-state index contributed by atoms with van der Waals surface area (Å²) in [6.45, 7) is 4.86. The van der Waals surface area contributed by atoms with Crippen molar-refractivity contribution in [2.24, 2.45) is 4.99 Å². The lowest BCUT2D eigenvalue weighted by molar-refractivity contribution is 0.410. The maximum Gasteiger partial charge on any atom is 0.191 e. The van der Waals surface area contributed by atoms with E-state index in [4.69, 9.17) is 4.52 Å². The Bertz CT molecular complexity index is 300. The Kier molecular flexibility index (Phi) is 7.96. The van der Waals surface area contributed by atoms with E-state index in [0.717, 1.165) is 18.1 Å². The SMILES string of the molecule is CCC(C)NC(=NC)NCc1ccon1.I. The van der Waals surface area contributed by atoms with Crippen LogP contribution in [-0.4, -0.2) is 24.2 Å². The maximum absolute atomic E-state index is 4.73. The summed E-state index contributed by atoms with van der Waals surface area (Å²) in [6, 6.07) is 2.23. The van der Waals surface area contributed by atoms with Gasteiger partial charge in [0.05, 0.1) is 6.54 Å². The Morgan fingerprint density at radius 1 is 1.62 bits per heavy atom. The summed E-state index contributed by atoms with van der Waals surface area (Å²) < 4.78 is 4.73. The van der Waals surface area contributed by atoms with E-state index in [1.807, 2.05) is 6.07 Å². The van der Waals surface area contributed by atoms with E-state index in [-0.39, 0.29) is 24.0 Å².